The molecule has 4 heterocycles. The van der Waals surface area contributed by atoms with Gasteiger partial charge in [0.05, 0.1) is 12.0 Å². The number of carbonyl (C=O) groups excluding carboxylic acids is 3. The van der Waals surface area contributed by atoms with E-state index < -0.39 is 23.9 Å². The molecule has 4 rings (SSSR count). The fourth-order valence-electron chi connectivity index (χ4n) is 4.35. The number of carbonyl (C=O) groups is 3. The molecule has 1 aliphatic rings. The van der Waals surface area contributed by atoms with Crippen LogP contribution in [0.15, 0.2) is 61.2 Å². The van der Waals surface area contributed by atoms with Crippen LogP contribution in [-0.4, -0.2) is 50.8 Å². The number of nitrogen functional groups attached to an aromatic ring is 1. The van der Waals surface area contributed by atoms with Crippen molar-refractivity contribution in [3.05, 3.63) is 78.0 Å². The lowest BCUT2D eigenvalue weighted by Gasteiger charge is -2.46. The Labute approximate surface area is 209 Å². The molecule has 0 radical (unpaired) electrons. The van der Waals surface area contributed by atoms with Crippen LogP contribution in [0.4, 0.5) is 16.3 Å². The molecule has 0 aromatic carbocycles. The van der Waals surface area contributed by atoms with Crippen LogP contribution in [0.1, 0.15) is 36.2 Å². The van der Waals surface area contributed by atoms with Crippen LogP contribution < -0.4 is 16.0 Å². The monoisotopic (exact) mass is 487 g/mol. The number of β-lactam (4-membered cyclic amide) rings is 1. The Morgan fingerprint density at radius 3 is 2.53 bits per heavy atom. The molecule has 0 spiro atoms. The molecule has 1 aliphatic heterocycles. The van der Waals surface area contributed by atoms with Crippen molar-refractivity contribution in [2.75, 3.05) is 17.7 Å². The number of nitrogens with two attached hydrogens (primary N) is 1. The Kier molecular flexibility index (Phi) is 7.23. The van der Waals surface area contributed by atoms with Gasteiger partial charge in [-0.05, 0) is 61.2 Å². The van der Waals surface area contributed by atoms with Gasteiger partial charge in [0.1, 0.15) is 11.9 Å². The number of anilines is 2. The molecule has 1 fully saturated rings. The second-order valence-electron chi connectivity index (χ2n) is 8.80. The number of likely N-dealkylation sites (tertiary alicyclic amines) is 1. The third kappa shape index (κ3) is 5.02. The Hall–Kier alpha value is -4.34. The van der Waals surface area contributed by atoms with Gasteiger partial charge in [-0.2, -0.15) is 0 Å². The van der Waals surface area contributed by atoms with E-state index in [2.05, 4.69) is 20.3 Å². The summed E-state index contributed by atoms with van der Waals surface area (Å²) < 4.78 is 0. The minimum atomic E-state index is -0.973. The first-order valence-corrected chi connectivity index (χ1v) is 11.7. The van der Waals surface area contributed by atoms with Crippen molar-refractivity contribution in [3.8, 4) is 0 Å². The number of aromatic nitrogens is 3. The van der Waals surface area contributed by atoms with E-state index in [9.17, 15) is 14.4 Å². The number of hydrogen-bond donors (Lipinski definition) is 2. The van der Waals surface area contributed by atoms with E-state index in [0.29, 0.717) is 17.9 Å². The van der Waals surface area contributed by atoms with Crippen LogP contribution in [0.2, 0.25) is 0 Å². The van der Waals surface area contributed by atoms with E-state index >= 15 is 0 Å². The summed E-state index contributed by atoms with van der Waals surface area (Å²) in [5.41, 5.74) is 8.86. The number of urea groups is 1. The number of hydrogen-bond acceptors (Lipinski definition) is 7. The Balaban J connectivity index is 1.59. The Bertz CT molecular complexity index is 1250. The van der Waals surface area contributed by atoms with Gasteiger partial charge in [-0.1, -0.05) is 13.0 Å². The van der Waals surface area contributed by atoms with Crippen molar-refractivity contribution in [3.63, 3.8) is 0 Å². The highest BCUT2D eigenvalue weighted by molar-refractivity contribution is 6.12. The molecule has 0 saturated carbocycles. The molecule has 0 bridgehead atoms. The zero-order chi connectivity index (χ0) is 25.8. The quantitative estimate of drug-likeness (QED) is 0.489. The number of amides is 4. The third-order valence-corrected chi connectivity index (χ3v) is 6.41. The van der Waals surface area contributed by atoms with Crippen molar-refractivity contribution in [2.45, 2.75) is 38.8 Å². The average Bonchev–Trinajstić information content (AvgIpc) is 2.89. The molecule has 0 unspecified atom stereocenters. The van der Waals surface area contributed by atoms with Gasteiger partial charge in [-0.15, -0.1) is 0 Å². The second-order valence-corrected chi connectivity index (χ2v) is 8.80. The van der Waals surface area contributed by atoms with E-state index in [1.807, 2.05) is 26.0 Å². The molecule has 36 heavy (non-hydrogen) atoms. The Morgan fingerprint density at radius 1 is 1.14 bits per heavy atom. The number of nitrogens with one attached hydrogen (secondary N) is 1. The maximum atomic E-state index is 13.6. The molecule has 3 aromatic heterocycles. The van der Waals surface area contributed by atoms with Crippen LogP contribution in [0.25, 0.3) is 0 Å². The lowest BCUT2D eigenvalue weighted by atomic mass is 9.81. The number of pyridine rings is 3. The van der Waals surface area contributed by atoms with Crippen LogP contribution in [-0.2, 0) is 16.0 Å². The minimum absolute atomic E-state index is 0.259. The summed E-state index contributed by atoms with van der Waals surface area (Å²) in [7, 11) is 1.62. The van der Waals surface area contributed by atoms with Crippen LogP contribution in [0.3, 0.4) is 0 Å². The summed E-state index contributed by atoms with van der Waals surface area (Å²) in [5, 5.41) is 2.91. The summed E-state index contributed by atoms with van der Waals surface area (Å²) in [6, 6.07) is 8.62. The molecule has 3 atom stereocenters. The van der Waals surface area contributed by atoms with Gasteiger partial charge in [0.2, 0.25) is 5.91 Å². The predicted molar refractivity (Wildman–Crippen MR) is 135 cm³/mol. The fraction of sp³-hybridized carbons (Fsp3) is 0.308. The van der Waals surface area contributed by atoms with Crippen molar-refractivity contribution < 1.29 is 14.4 Å². The SMILES string of the molecule is CC[C@@H](NC(=O)N1C(=O)[C@H](Cc2ccnc(N)c2)[C@H]1C(=O)N(C)c1ccncc1)c1ccc(C)nc1. The van der Waals surface area contributed by atoms with Crippen molar-refractivity contribution in [2.24, 2.45) is 5.92 Å². The lowest BCUT2D eigenvalue weighted by molar-refractivity contribution is -0.156. The summed E-state index contributed by atoms with van der Waals surface area (Å²) in [5.74, 6) is -1.17. The highest BCUT2D eigenvalue weighted by Gasteiger charge is 2.55. The largest absolute Gasteiger partial charge is 0.384 e. The third-order valence-electron chi connectivity index (χ3n) is 6.41. The molecule has 4 amide bonds. The summed E-state index contributed by atoms with van der Waals surface area (Å²) in [6.45, 7) is 3.81. The van der Waals surface area contributed by atoms with Gasteiger partial charge in [-0.3, -0.25) is 24.5 Å². The fourth-order valence-corrected chi connectivity index (χ4v) is 4.35. The molecule has 10 heteroatoms. The smallest absolute Gasteiger partial charge is 0.325 e. The number of aryl methyl sites for hydroxylation is 1. The predicted octanol–water partition coefficient (Wildman–Crippen LogP) is 2.66. The lowest BCUT2D eigenvalue weighted by Crippen LogP contribution is -2.70. The average molecular weight is 488 g/mol. The number of imide groups is 1. The van der Waals surface area contributed by atoms with Gasteiger partial charge < -0.3 is 16.0 Å². The van der Waals surface area contributed by atoms with Crippen LogP contribution >= 0.6 is 0 Å². The molecule has 0 aliphatic carbocycles. The maximum Gasteiger partial charge on any atom is 0.325 e. The standard InChI is InChI=1S/C26H29N7O3/c1-4-21(18-6-5-16(2)30-15-18)31-26(36)33-23(25(35)32(3)19-8-10-28-11-9-19)20(24(33)34)13-17-7-12-29-22(27)14-17/h5-12,14-15,20-21,23H,4,13H2,1-3H3,(H2,27,29)(H,31,36)/t20-,21-,23+/m1/s1. The van der Waals surface area contributed by atoms with Crippen molar-refractivity contribution >= 4 is 29.4 Å². The maximum absolute atomic E-state index is 13.6. The Morgan fingerprint density at radius 2 is 1.89 bits per heavy atom. The molecule has 10 nitrogen and oxygen atoms in total. The number of nitrogens with zero attached hydrogens (tertiary/aromatic N) is 5. The van der Waals surface area contributed by atoms with E-state index in [4.69, 9.17) is 5.73 Å². The normalized spacial score (nSPS) is 17.8. The molecule has 186 valence electrons. The molecule has 3 aromatic rings. The summed E-state index contributed by atoms with van der Waals surface area (Å²) >= 11 is 0. The zero-order valence-electron chi connectivity index (χ0n) is 20.5. The summed E-state index contributed by atoms with van der Waals surface area (Å²) in [6.07, 6.45) is 7.27. The van der Waals surface area contributed by atoms with E-state index in [1.54, 1.807) is 56.1 Å². The van der Waals surface area contributed by atoms with E-state index in [0.717, 1.165) is 21.7 Å². The highest BCUT2D eigenvalue weighted by atomic mass is 16.2. The van der Waals surface area contributed by atoms with E-state index in [-0.39, 0.29) is 18.4 Å². The van der Waals surface area contributed by atoms with Gasteiger partial charge in [0, 0.05) is 43.2 Å². The van der Waals surface area contributed by atoms with Gasteiger partial charge in [0.15, 0.2) is 0 Å². The first kappa shape index (κ1) is 24.8. The van der Waals surface area contributed by atoms with Gasteiger partial charge >= 0.3 is 6.03 Å². The molecule has 1 saturated heterocycles. The molecular weight excluding hydrogens is 458 g/mol. The highest BCUT2D eigenvalue weighted by Crippen LogP contribution is 2.33. The first-order chi connectivity index (χ1) is 17.3. The van der Waals surface area contributed by atoms with Crippen LogP contribution in [0.5, 0.6) is 0 Å². The number of likely N-dealkylation sites (N-methyl/N-ethyl adjacent to an activating group) is 1. The zero-order valence-corrected chi connectivity index (χ0v) is 20.5. The van der Waals surface area contributed by atoms with E-state index in [1.165, 1.54) is 4.90 Å². The topological polar surface area (TPSA) is 134 Å². The molecular formula is C26H29N7O3. The molecule has 3 N–H and O–H groups in total. The minimum Gasteiger partial charge on any atom is -0.384 e. The van der Waals surface area contributed by atoms with Gasteiger partial charge in [0.25, 0.3) is 5.91 Å². The second kappa shape index (κ2) is 10.5. The summed E-state index contributed by atoms with van der Waals surface area (Å²) in [4.78, 5) is 54.9. The van der Waals surface area contributed by atoms with Gasteiger partial charge in [-0.25, -0.2) is 9.78 Å². The first-order valence-electron chi connectivity index (χ1n) is 11.7. The van der Waals surface area contributed by atoms with Crippen LogP contribution in [0, 0.1) is 12.8 Å². The van der Waals surface area contributed by atoms with Crippen molar-refractivity contribution in [1.82, 2.24) is 25.2 Å². The number of rotatable bonds is 7. The van der Waals surface area contributed by atoms with Crippen molar-refractivity contribution in [1.29, 1.82) is 0 Å².